The lowest BCUT2D eigenvalue weighted by atomic mass is 10.1. The summed E-state index contributed by atoms with van der Waals surface area (Å²) in [5.41, 5.74) is 4.21. The Balaban J connectivity index is 1.71. The van der Waals surface area contributed by atoms with Gasteiger partial charge in [-0.15, -0.1) is 0 Å². The highest BCUT2D eigenvalue weighted by Crippen LogP contribution is 2.25. The summed E-state index contributed by atoms with van der Waals surface area (Å²) >= 11 is 0. The Morgan fingerprint density at radius 1 is 1.04 bits per heavy atom. The second kappa shape index (κ2) is 7.03. The van der Waals surface area contributed by atoms with Gasteiger partial charge in [-0.2, -0.15) is 0 Å². The van der Waals surface area contributed by atoms with Gasteiger partial charge >= 0.3 is 0 Å². The second-order valence-electron chi connectivity index (χ2n) is 6.44. The Hall–Kier alpha value is -3.47. The zero-order valence-corrected chi connectivity index (χ0v) is 14.8. The van der Waals surface area contributed by atoms with Crippen LogP contribution in [0, 0.1) is 12.7 Å². The standard InChI is InChI=1S/C22H18FN3O/c1-15-6-4-7-16(12-15)22-25-19-10-2-3-11-20(19)26(22)14-21(27)24-18-9-5-8-17(23)13-18/h2-13H,14H2,1H3,(H,24,27). The number of amides is 1. The summed E-state index contributed by atoms with van der Waals surface area (Å²) in [6, 6.07) is 21.6. The molecule has 0 saturated carbocycles. The van der Waals surface area contributed by atoms with Gasteiger partial charge in [0.25, 0.3) is 0 Å². The Morgan fingerprint density at radius 3 is 2.67 bits per heavy atom. The lowest BCUT2D eigenvalue weighted by molar-refractivity contribution is -0.116. The maximum absolute atomic E-state index is 13.4. The van der Waals surface area contributed by atoms with E-state index in [0.29, 0.717) is 5.69 Å². The van der Waals surface area contributed by atoms with Gasteiger partial charge < -0.3 is 9.88 Å². The number of carbonyl (C=O) groups is 1. The largest absolute Gasteiger partial charge is 0.324 e. The van der Waals surface area contributed by atoms with E-state index in [4.69, 9.17) is 4.98 Å². The molecule has 0 fully saturated rings. The molecule has 1 aromatic heterocycles. The molecule has 4 aromatic rings. The van der Waals surface area contributed by atoms with Crippen LogP contribution in [0.3, 0.4) is 0 Å². The zero-order valence-electron chi connectivity index (χ0n) is 14.8. The maximum atomic E-state index is 13.4. The monoisotopic (exact) mass is 359 g/mol. The molecule has 0 atom stereocenters. The Labute approximate surface area is 156 Å². The van der Waals surface area contributed by atoms with Crippen LogP contribution < -0.4 is 5.32 Å². The average molecular weight is 359 g/mol. The molecule has 0 spiro atoms. The van der Waals surface area contributed by atoms with Gasteiger partial charge in [0.2, 0.25) is 5.91 Å². The molecular formula is C22H18FN3O. The van der Waals surface area contributed by atoms with E-state index >= 15 is 0 Å². The third-order valence-corrected chi connectivity index (χ3v) is 4.34. The number of hydrogen-bond acceptors (Lipinski definition) is 2. The van der Waals surface area contributed by atoms with Gasteiger partial charge in [-0.05, 0) is 43.3 Å². The number of nitrogens with one attached hydrogen (secondary N) is 1. The normalized spacial score (nSPS) is 10.9. The van der Waals surface area contributed by atoms with Crippen molar-refractivity contribution in [3.05, 3.63) is 84.2 Å². The van der Waals surface area contributed by atoms with Crippen LogP contribution in [0.1, 0.15) is 5.56 Å². The van der Waals surface area contributed by atoms with Crippen molar-refractivity contribution in [2.75, 3.05) is 5.32 Å². The van der Waals surface area contributed by atoms with Crippen molar-refractivity contribution in [3.8, 4) is 11.4 Å². The van der Waals surface area contributed by atoms with E-state index in [2.05, 4.69) is 5.32 Å². The summed E-state index contributed by atoms with van der Waals surface area (Å²) in [7, 11) is 0. The van der Waals surface area contributed by atoms with Crippen molar-refractivity contribution in [1.29, 1.82) is 0 Å². The van der Waals surface area contributed by atoms with Crippen molar-refractivity contribution in [1.82, 2.24) is 9.55 Å². The number of nitrogens with zero attached hydrogens (tertiary/aromatic N) is 2. The van der Waals surface area contributed by atoms with Crippen LogP contribution in [0.25, 0.3) is 22.4 Å². The fourth-order valence-electron chi connectivity index (χ4n) is 3.15. The Bertz CT molecular complexity index is 1130. The number of hydrogen-bond donors (Lipinski definition) is 1. The van der Waals surface area contributed by atoms with Crippen molar-refractivity contribution in [2.45, 2.75) is 13.5 Å². The average Bonchev–Trinajstić information content (AvgIpc) is 3.00. The predicted molar refractivity (Wildman–Crippen MR) is 105 cm³/mol. The lowest BCUT2D eigenvalue weighted by Gasteiger charge is -2.11. The molecule has 1 N–H and O–H groups in total. The summed E-state index contributed by atoms with van der Waals surface area (Å²) in [6.45, 7) is 2.10. The first-order valence-corrected chi connectivity index (χ1v) is 8.68. The van der Waals surface area contributed by atoms with E-state index in [1.165, 1.54) is 12.1 Å². The molecule has 0 unspecified atom stereocenters. The number of rotatable bonds is 4. The molecule has 134 valence electrons. The third-order valence-electron chi connectivity index (χ3n) is 4.34. The van der Waals surface area contributed by atoms with E-state index in [-0.39, 0.29) is 18.3 Å². The van der Waals surface area contributed by atoms with Crippen molar-refractivity contribution >= 4 is 22.6 Å². The molecule has 3 aromatic carbocycles. The van der Waals surface area contributed by atoms with Gasteiger partial charge in [0.1, 0.15) is 18.2 Å². The molecule has 1 heterocycles. The van der Waals surface area contributed by atoms with Crippen LogP contribution >= 0.6 is 0 Å². The SMILES string of the molecule is Cc1cccc(-c2nc3ccccc3n2CC(=O)Nc2cccc(F)c2)c1. The Morgan fingerprint density at radius 2 is 1.85 bits per heavy atom. The van der Waals surface area contributed by atoms with E-state index in [1.807, 2.05) is 60.0 Å². The number of aryl methyl sites for hydroxylation is 1. The van der Waals surface area contributed by atoms with Crippen molar-refractivity contribution in [3.63, 3.8) is 0 Å². The van der Waals surface area contributed by atoms with Gasteiger partial charge in [0.05, 0.1) is 11.0 Å². The predicted octanol–water partition coefficient (Wildman–Crippen LogP) is 4.79. The molecule has 1 amide bonds. The number of carbonyl (C=O) groups excluding carboxylic acids is 1. The molecule has 5 heteroatoms. The topological polar surface area (TPSA) is 46.9 Å². The highest BCUT2D eigenvalue weighted by Gasteiger charge is 2.15. The highest BCUT2D eigenvalue weighted by molar-refractivity contribution is 5.92. The number of benzene rings is 3. The molecule has 27 heavy (non-hydrogen) atoms. The van der Waals surface area contributed by atoms with Gasteiger partial charge in [0.15, 0.2) is 0 Å². The fourth-order valence-corrected chi connectivity index (χ4v) is 3.15. The first-order valence-electron chi connectivity index (χ1n) is 8.68. The molecular weight excluding hydrogens is 341 g/mol. The molecule has 0 saturated heterocycles. The Kier molecular flexibility index (Phi) is 4.42. The quantitative estimate of drug-likeness (QED) is 0.569. The number of halogens is 1. The number of anilines is 1. The van der Waals surface area contributed by atoms with Gasteiger partial charge in [-0.3, -0.25) is 4.79 Å². The minimum Gasteiger partial charge on any atom is -0.324 e. The summed E-state index contributed by atoms with van der Waals surface area (Å²) in [6.07, 6.45) is 0. The van der Waals surface area contributed by atoms with E-state index < -0.39 is 0 Å². The van der Waals surface area contributed by atoms with Gasteiger partial charge in [0, 0.05) is 11.3 Å². The fraction of sp³-hybridized carbons (Fsp3) is 0.0909. The number of para-hydroxylation sites is 2. The molecule has 0 bridgehead atoms. The first kappa shape index (κ1) is 17.0. The number of fused-ring (bicyclic) bond motifs is 1. The molecule has 0 radical (unpaired) electrons. The molecule has 4 nitrogen and oxygen atoms in total. The number of aromatic nitrogens is 2. The minimum atomic E-state index is -0.388. The summed E-state index contributed by atoms with van der Waals surface area (Å²) in [5, 5.41) is 2.75. The molecule has 0 aliphatic heterocycles. The molecule has 0 aliphatic carbocycles. The van der Waals surface area contributed by atoms with Crippen LogP contribution in [0.15, 0.2) is 72.8 Å². The van der Waals surface area contributed by atoms with Gasteiger partial charge in [-0.25, -0.2) is 9.37 Å². The molecule has 0 aliphatic rings. The molecule has 4 rings (SSSR count). The minimum absolute atomic E-state index is 0.0836. The van der Waals surface area contributed by atoms with Crippen LogP contribution in [0.5, 0.6) is 0 Å². The van der Waals surface area contributed by atoms with Crippen molar-refractivity contribution in [2.24, 2.45) is 0 Å². The van der Waals surface area contributed by atoms with E-state index in [0.717, 1.165) is 28.0 Å². The van der Waals surface area contributed by atoms with Crippen LogP contribution in [0.4, 0.5) is 10.1 Å². The van der Waals surface area contributed by atoms with Crippen molar-refractivity contribution < 1.29 is 9.18 Å². The lowest BCUT2D eigenvalue weighted by Crippen LogP contribution is -2.19. The van der Waals surface area contributed by atoms with Crippen LogP contribution in [-0.2, 0) is 11.3 Å². The second-order valence-corrected chi connectivity index (χ2v) is 6.44. The maximum Gasteiger partial charge on any atom is 0.244 e. The van der Waals surface area contributed by atoms with Crippen LogP contribution in [0.2, 0.25) is 0 Å². The third kappa shape index (κ3) is 3.58. The first-order chi connectivity index (χ1) is 13.1. The smallest absolute Gasteiger partial charge is 0.244 e. The van der Waals surface area contributed by atoms with E-state index in [1.54, 1.807) is 12.1 Å². The van der Waals surface area contributed by atoms with Gasteiger partial charge in [-0.1, -0.05) is 42.0 Å². The van der Waals surface area contributed by atoms with E-state index in [9.17, 15) is 9.18 Å². The zero-order chi connectivity index (χ0) is 18.8. The highest BCUT2D eigenvalue weighted by atomic mass is 19.1. The number of imidazole rings is 1. The summed E-state index contributed by atoms with van der Waals surface area (Å²) < 4.78 is 15.2. The summed E-state index contributed by atoms with van der Waals surface area (Å²) in [5.74, 6) is 0.105. The van der Waals surface area contributed by atoms with Crippen LogP contribution in [-0.4, -0.2) is 15.5 Å². The summed E-state index contributed by atoms with van der Waals surface area (Å²) in [4.78, 5) is 17.3.